The number of rotatable bonds is 2. The lowest BCUT2D eigenvalue weighted by Gasteiger charge is -2.34. The molecule has 0 spiro atoms. The topological polar surface area (TPSA) is 20.3 Å². The predicted octanol–water partition coefficient (Wildman–Crippen LogP) is 2.59. The van der Waals surface area contributed by atoms with Crippen LogP contribution in [0.25, 0.3) is 0 Å². The fraction of sp³-hybridized carbons (Fsp3) is 0.417. The van der Waals surface area contributed by atoms with Gasteiger partial charge in [-0.3, -0.25) is 4.79 Å². The third kappa shape index (κ3) is 1.63. The molecule has 0 aromatic heterocycles. The normalized spacial score (nSPS) is 15.3. The highest BCUT2D eigenvalue weighted by molar-refractivity contribution is 6.65. The first-order chi connectivity index (χ1) is 7.03. The minimum Gasteiger partial charge on any atom is -0.357 e. The van der Waals surface area contributed by atoms with Gasteiger partial charge in [0.2, 0.25) is 5.24 Å². The van der Waals surface area contributed by atoms with Crippen LogP contribution in [-0.4, -0.2) is 17.3 Å². The highest BCUT2D eigenvalue weighted by Crippen LogP contribution is 2.34. The van der Waals surface area contributed by atoms with Crippen molar-refractivity contribution in [1.29, 1.82) is 0 Å². The largest absolute Gasteiger partial charge is 0.357 e. The summed E-state index contributed by atoms with van der Waals surface area (Å²) in [4.78, 5) is 13.5. The fourth-order valence-electron chi connectivity index (χ4n) is 2.03. The maximum Gasteiger partial charge on any atom is 0.246 e. The van der Waals surface area contributed by atoms with Gasteiger partial charge in [0.1, 0.15) is 5.54 Å². The molecule has 3 heteroatoms. The van der Waals surface area contributed by atoms with Crippen molar-refractivity contribution in [3.05, 3.63) is 29.8 Å². The molecule has 0 N–H and O–H groups in total. The minimum absolute atomic E-state index is 0.306. The zero-order chi connectivity index (χ0) is 11.1. The summed E-state index contributed by atoms with van der Waals surface area (Å²) in [6.45, 7) is 4.60. The second-order valence-electron chi connectivity index (χ2n) is 4.36. The van der Waals surface area contributed by atoms with E-state index in [1.54, 1.807) is 0 Å². The summed E-state index contributed by atoms with van der Waals surface area (Å²) in [5, 5.41) is -0.306. The molecule has 2 rings (SSSR count). The zero-order valence-electron chi connectivity index (χ0n) is 8.96. The highest BCUT2D eigenvalue weighted by atomic mass is 35.5. The molecule has 1 aliphatic heterocycles. The van der Waals surface area contributed by atoms with Gasteiger partial charge >= 0.3 is 0 Å². The van der Waals surface area contributed by atoms with Crippen molar-refractivity contribution < 1.29 is 4.79 Å². The molecule has 2 nitrogen and oxygen atoms in total. The number of nitrogens with zero attached hydrogens (tertiary/aromatic N) is 1. The Morgan fingerprint density at radius 3 is 2.73 bits per heavy atom. The lowest BCUT2D eigenvalue weighted by Crippen LogP contribution is -2.47. The Bertz CT molecular complexity index is 400. The quantitative estimate of drug-likeness (QED) is 0.719. The summed E-state index contributed by atoms with van der Waals surface area (Å²) in [7, 11) is 0. The van der Waals surface area contributed by atoms with Crippen molar-refractivity contribution in [2.24, 2.45) is 0 Å². The smallest absolute Gasteiger partial charge is 0.246 e. The Morgan fingerprint density at radius 1 is 1.40 bits per heavy atom. The Labute approximate surface area is 94.8 Å². The van der Waals surface area contributed by atoms with Gasteiger partial charge in [0.05, 0.1) is 0 Å². The van der Waals surface area contributed by atoms with Crippen LogP contribution in [0.3, 0.4) is 0 Å². The van der Waals surface area contributed by atoms with Crippen molar-refractivity contribution >= 4 is 22.5 Å². The Kier molecular flexibility index (Phi) is 2.47. The summed E-state index contributed by atoms with van der Waals surface area (Å²) in [6.07, 6.45) is 0.990. The molecule has 0 fully saturated rings. The molecule has 0 radical (unpaired) electrons. The van der Waals surface area contributed by atoms with E-state index >= 15 is 0 Å². The number of fused-ring (bicyclic) bond motifs is 1. The SMILES string of the molecule is CC(C)(C(=O)Cl)N1CCc2ccccc21. The van der Waals surface area contributed by atoms with Gasteiger partial charge in [-0.1, -0.05) is 18.2 Å². The molecule has 0 saturated heterocycles. The Balaban J connectivity index is 2.39. The van der Waals surface area contributed by atoms with Crippen molar-refractivity contribution in [3.8, 4) is 0 Å². The van der Waals surface area contributed by atoms with Crippen molar-refractivity contribution in [2.45, 2.75) is 25.8 Å². The standard InChI is InChI=1S/C12H14ClNO/c1-12(2,11(13)15)14-8-7-9-5-3-4-6-10(9)14/h3-6H,7-8H2,1-2H3. The molecule has 15 heavy (non-hydrogen) atoms. The molecular weight excluding hydrogens is 210 g/mol. The zero-order valence-corrected chi connectivity index (χ0v) is 9.71. The third-order valence-electron chi connectivity index (χ3n) is 3.04. The van der Waals surface area contributed by atoms with Crippen LogP contribution in [-0.2, 0) is 11.2 Å². The number of halogens is 1. The van der Waals surface area contributed by atoms with Gasteiger partial charge in [-0.05, 0) is 43.5 Å². The van der Waals surface area contributed by atoms with Gasteiger partial charge in [0.25, 0.3) is 0 Å². The van der Waals surface area contributed by atoms with E-state index < -0.39 is 5.54 Å². The highest BCUT2D eigenvalue weighted by Gasteiger charge is 2.36. The second kappa shape index (κ2) is 3.53. The van der Waals surface area contributed by atoms with E-state index in [0.29, 0.717) is 0 Å². The number of hydrogen-bond acceptors (Lipinski definition) is 2. The average Bonchev–Trinajstić information content (AvgIpc) is 2.61. The van der Waals surface area contributed by atoms with E-state index in [2.05, 4.69) is 11.0 Å². The molecule has 0 saturated carbocycles. The molecule has 1 aromatic rings. The van der Waals surface area contributed by atoms with E-state index in [9.17, 15) is 4.79 Å². The van der Waals surface area contributed by atoms with Gasteiger partial charge in [0, 0.05) is 12.2 Å². The third-order valence-corrected chi connectivity index (χ3v) is 3.51. The Morgan fingerprint density at radius 2 is 2.07 bits per heavy atom. The molecule has 1 aliphatic rings. The van der Waals surface area contributed by atoms with Gasteiger partial charge in [0.15, 0.2) is 0 Å². The van der Waals surface area contributed by atoms with Crippen molar-refractivity contribution in [1.82, 2.24) is 0 Å². The van der Waals surface area contributed by atoms with E-state index in [4.69, 9.17) is 11.6 Å². The maximum atomic E-state index is 11.4. The number of anilines is 1. The van der Waals surface area contributed by atoms with Crippen LogP contribution >= 0.6 is 11.6 Å². The van der Waals surface area contributed by atoms with Crippen LogP contribution in [0, 0.1) is 0 Å². The molecule has 1 heterocycles. The van der Waals surface area contributed by atoms with Gasteiger partial charge in [-0.15, -0.1) is 0 Å². The first-order valence-electron chi connectivity index (χ1n) is 5.09. The van der Waals surface area contributed by atoms with Crippen molar-refractivity contribution in [2.75, 3.05) is 11.4 Å². The van der Waals surface area contributed by atoms with Crippen LogP contribution in [0.1, 0.15) is 19.4 Å². The number of hydrogen-bond donors (Lipinski definition) is 0. The average molecular weight is 224 g/mol. The van der Waals surface area contributed by atoms with Gasteiger partial charge in [-0.2, -0.15) is 0 Å². The van der Waals surface area contributed by atoms with Crippen LogP contribution in [0.2, 0.25) is 0 Å². The van der Waals surface area contributed by atoms with Crippen molar-refractivity contribution in [3.63, 3.8) is 0 Å². The minimum atomic E-state index is -0.617. The van der Waals surface area contributed by atoms with E-state index in [1.165, 1.54) is 5.56 Å². The van der Waals surface area contributed by atoms with Crippen LogP contribution in [0.15, 0.2) is 24.3 Å². The Hall–Kier alpha value is -1.02. The molecule has 0 unspecified atom stereocenters. The molecule has 0 amide bonds. The summed E-state index contributed by atoms with van der Waals surface area (Å²) >= 11 is 5.64. The van der Waals surface area contributed by atoms with E-state index in [-0.39, 0.29) is 5.24 Å². The van der Waals surface area contributed by atoms with E-state index in [1.807, 2.05) is 32.0 Å². The number of carbonyl (C=O) groups excluding carboxylic acids is 1. The number of para-hydroxylation sites is 1. The monoisotopic (exact) mass is 223 g/mol. The number of benzene rings is 1. The molecule has 0 aliphatic carbocycles. The van der Waals surface area contributed by atoms with Gasteiger partial charge < -0.3 is 4.90 Å². The lowest BCUT2D eigenvalue weighted by molar-refractivity contribution is -0.115. The van der Waals surface area contributed by atoms with E-state index in [0.717, 1.165) is 18.7 Å². The first kappa shape index (κ1) is 10.5. The maximum absolute atomic E-state index is 11.4. The molecule has 0 atom stereocenters. The van der Waals surface area contributed by atoms with Crippen LogP contribution in [0.5, 0.6) is 0 Å². The summed E-state index contributed by atoms with van der Waals surface area (Å²) < 4.78 is 0. The summed E-state index contributed by atoms with van der Waals surface area (Å²) in [6, 6.07) is 8.16. The lowest BCUT2D eigenvalue weighted by atomic mass is 10.0. The molecular formula is C12H14ClNO. The number of carbonyl (C=O) groups is 1. The molecule has 80 valence electrons. The van der Waals surface area contributed by atoms with Gasteiger partial charge in [-0.25, -0.2) is 0 Å². The first-order valence-corrected chi connectivity index (χ1v) is 5.47. The second-order valence-corrected chi connectivity index (χ2v) is 4.71. The summed E-state index contributed by atoms with van der Waals surface area (Å²) in [5.41, 5.74) is 1.81. The molecule has 0 bridgehead atoms. The fourth-order valence-corrected chi connectivity index (χ4v) is 2.13. The van der Waals surface area contributed by atoms with Crippen LogP contribution in [0.4, 0.5) is 5.69 Å². The molecule has 1 aromatic carbocycles. The predicted molar refractivity (Wildman–Crippen MR) is 62.4 cm³/mol. The summed E-state index contributed by atoms with van der Waals surface area (Å²) in [5.74, 6) is 0. The van der Waals surface area contributed by atoms with Crippen LogP contribution < -0.4 is 4.90 Å².